The number of carbonyl (C=O) groups excluding carboxylic acids is 1. The Balaban J connectivity index is 2.27. The normalized spacial score (nSPS) is 10.4. The van der Waals surface area contributed by atoms with Crippen LogP contribution in [0, 0.1) is 20.8 Å². The Bertz CT molecular complexity index is 602. The van der Waals surface area contributed by atoms with Crippen LogP contribution in [-0.2, 0) is 0 Å². The number of benzene rings is 1. The summed E-state index contributed by atoms with van der Waals surface area (Å²) in [7, 11) is 0. The Morgan fingerprint density at radius 1 is 1.33 bits per heavy atom. The summed E-state index contributed by atoms with van der Waals surface area (Å²) in [5, 5.41) is 6.45. The summed E-state index contributed by atoms with van der Waals surface area (Å²) in [6.07, 6.45) is 0. The van der Waals surface area contributed by atoms with Gasteiger partial charge in [0.15, 0.2) is 0 Å². The molecular weight excluding hydrogens is 230 g/mol. The maximum absolute atomic E-state index is 12.1. The molecule has 94 valence electrons. The second kappa shape index (κ2) is 4.52. The molecule has 2 rings (SSSR count). The van der Waals surface area contributed by atoms with Gasteiger partial charge in [-0.05, 0) is 32.9 Å². The molecule has 0 aliphatic heterocycles. The average Bonchev–Trinajstić information content (AvgIpc) is 2.64. The number of rotatable bonds is 2. The van der Waals surface area contributed by atoms with Crippen molar-refractivity contribution < 1.29 is 9.32 Å². The molecule has 2 aromatic rings. The van der Waals surface area contributed by atoms with E-state index < -0.39 is 0 Å². The topological polar surface area (TPSA) is 81.2 Å². The fraction of sp³-hybridized carbons (Fsp3) is 0.231. The zero-order valence-electron chi connectivity index (χ0n) is 10.6. The van der Waals surface area contributed by atoms with E-state index in [9.17, 15) is 4.79 Å². The van der Waals surface area contributed by atoms with Gasteiger partial charge >= 0.3 is 0 Å². The fourth-order valence-corrected chi connectivity index (χ4v) is 1.57. The van der Waals surface area contributed by atoms with Crippen molar-refractivity contribution in [1.82, 2.24) is 5.16 Å². The fourth-order valence-electron chi connectivity index (χ4n) is 1.57. The predicted octanol–water partition coefficient (Wildman–Crippen LogP) is 2.43. The number of anilines is 2. The van der Waals surface area contributed by atoms with Gasteiger partial charge in [0.25, 0.3) is 5.91 Å². The molecule has 0 radical (unpaired) electrons. The van der Waals surface area contributed by atoms with Crippen molar-refractivity contribution in [3.8, 4) is 0 Å². The molecule has 1 aromatic carbocycles. The molecule has 5 heteroatoms. The number of nitrogens with two attached hydrogens (primary N) is 1. The molecule has 0 spiro atoms. The molecule has 3 N–H and O–H groups in total. The van der Waals surface area contributed by atoms with E-state index in [1.807, 2.05) is 26.8 Å². The highest BCUT2D eigenvalue weighted by atomic mass is 16.5. The van der Waals surface area contributed by atoms with Crippen LogP contribution in [0.15, 0.2) is 22.7 Å². The van der Waals surface area contributed by atoms with Gasteiger partial charge in [-0.25, -0.2) is 0 Å². The first-order valence-electron chi connectivity index (χ1n) is 5.59. The number of nitrogens with one attached hydrogen (secondary N) is 1. The van der Waals surface area contributed by atoms with Crippen LogP contribution in [0.3, 0.4) is 0 Å². The van der Waals surface area contributed by atoms with Crippen molar-refractivity contribution in [2.45, 2.75) is 20.8 Å². The first kappa shape index (κ1) is 12.2. The predicted molar refractivity (Wildman–Crippen MR) is 69.5 cm³/mol. The van der Waals surface area contributed by atoms with E-state index >= 15 is 0 Å². The molecular formula is C13H15N3O2. The molecule has 0 saturated carbocycles. The lowest BCUT2D eigenvalue weighted by molar-refractivity contribution is 0.102. The van der Waals surface area contributed by atoms with Gasteiger partial charge in [-0.15, -0.1) is 0 Å². The Morgan fingerprint density at radius 2 is 2.06 bits per heavy atom. The van der Waals surface area contributed by atoms with Crippen molar-refractivity contribution in [3.05, 3.63) is 40.6 Å². The summed E-state index contributed by atoms with van der Waals surface area (Å²) in [5.74, 6) is 0.0638. The maximum atomic E-state index is 12.1. The van der Waals surface area contributed by atoms with Gasteiger partial charge < -0.3 is 10.3 Å². The standard InChI is InChI=1S/C13H15N3O2/c1-7-4-5-11(14)10(6-7)12(17)15-13-8(2)9(3)16-18-13/h4-6H,14H2,1-3H3,(H,15,17). The monoisotopic (exact) mass is 245 g/mol. The van der Waals surface area contributed by atoms with E-state index in [0.717, 1.165) is 16.8 Å². The summed E-state index contributed by atoms with van der Waals surface area (Å²) in [6, 6.07) is 5.31. The highest BCUT2D eigenvalue weighted by Gasteiger charge is 2.15. The molecule has 0 bridgehead atoms. The van der Waals surface area contributed by atoms with Crippen LogP contribution < -0.4 is 11.1 Å². The Morgan fingerprint density at radius 3 is 2.67 bits per heavy atom. The molecule has 0 saturated heterocycles. The summed E-state index contributed by atoms with van der Waals surface area (Å²) in [6.45, 7) is 5.55. The quantitative estimate of drug-likeness (QED) is 0.796. The number of amides is 1. The summed E-state index contributed by atoms with van der Waals surface area (Å²) in [5.41, 5.74) is 9.19. The molecule has 5 nitrogen and oxygen atoms in total. The number of carbonyl (C=O) groups is 1. The average molecular weight is 245 g/mol. The first-order chi connectivity index (χ1) is 8.49. The number of nitrogen functional groups attached to an aromatic ring is 1. The molecule has 1 heterocycles. The van der Waals surface area contributed by atoms with Crippen LogP contribution in [0.1, 0.15) is 27.2 Å². The van der Waals surface area contributed by atoms with Crippen LogP contribution in [0.2, 0.25) is 0 Å². The highest BCUT2D eigenvalue weighted by Crippen LogP contribution is 2.20. The van der Waals surface area contributed by atoms with Crippen LogP contribution in [-0.4, -0.2) is 11.1 Å². The first-order valence-corrected chi connectivity index (χ1v) is 5.59. The zero-order valence-corrected chi connectivity index (χ0v) is 10.6. The molecule has 1 aromatic heterocycles. The van der Waals surface area contributed by atoms with E-state index in [0.29, 0.717) is 17.1 Å². The number of aromatic nitrogens is 1. The summed E-state index contributed by atoms with van der Waals surface area (Å²) in [4.78, 5) is 12.1. The van der Waals surface area contributed by atoms with E-state index in [1.54, 1.807) is 12.1 Å². The SMILES string of the molecule is Cc1ccc(N)c(C(=O)Nc2onc(C)c2C)c1. The van der Waals surface area contributed by atoms with Crippen molar-refractivity contribution in [2.75, 3.05) is 11.1 Å². The number of hydrogen-bond donors (Lipinski definition) is 2. The minimum Gasteiger partial charge on any atom is -0.398 e. The highest BCUT2D eigenvalue weighted by molar-refractivity contribution is 6.07. The smallest absolute Gasteiger partial charge is 0.260 e. The minimum atomic E-state index is -0.296. The van der Waals surface area contributed by atoms with Gasteiger partial charge in [-0.3, -0.25) is 10.1 Å². The van der Waals surface area contributed by atoms with Gasteiger partial charge in [0.2, 0.25) is 5.88 Å². The van der Waals surface area contributed by atoms with Crippen LogP contribution in [0.5, 0.6) is 0 Å². The molecule has 18 heavy (non-hydrogen) atoms. The number of hydrogen-bond acceptors (Lipinski definition) is 4. The van der Waals surface area contributed by atoms with Crippen LogP contribution in [0.4, 0.5) is 11.6 Å². The van der Waals surface area contributed by atoms with Crippen LogP contribution in [0.25, 0.3) is 0 Å². The third-order valence-electron chi connectivity index (χ3n) is 2.84. The van der Waals surface area contributed by atoms with Crippen molar-refractivity contribution in [1.29, 1.82) is 0 Å². The third-order valence-corrected chi connectivity index (χ3v) is 2.84. The van der Waals surface area contributed by atoms with Crippen molar-refractivity contribution in [2.24, 2.45) is 0 Å². The van der Waals surface area contributed by atoms with Crippen molar-refractivity contribution >= 4 is 17.5 Å². The van der Waals surface area contributed by atoms with Gasteiger partial charge in [0.05, 0.1) is 11.3 Å². The second-order valence-corrected chi connectivity index (χ2v) is 4.27. The number of aryl methyl sites for hydroxylation is 2. The van der Waals surface area contributed by atoms with Gasteiger partial charge in [0.1, 0.15) is 0 Å². The summed E-state index contributed by atoms with van der Waals surface area (Å²) < 4.78 is 5.03. The van der Waals surface area contributed by atoms with E-state index in [1.165, 1.54) is 0 Å². The molecule has 0 unspecified atom stereocenters. The van der Waals surface area contributed by atoms with E-state index in [4.69, 9.17) is 10.3 Å². The Labute approximate surface area is 105 Å². The zero-order chi connectivity index (χ0) is 13.3. The van der Waals surface area contributed by atoms with Crippen molar-refractivity contribution in [3.63, 3.8) is 0 Å². The number of nitrogens with zero attached hydrogens (tertiary/aromatic N) is 1. The van der Waals surface area contributed by atoms with Gasteiger partial charge in [-0.2, -0.15) is 0 Å². The third kappa shape index (κ3) is 2.20. The van der Waals surface area contributed by atoms with Gasteiger partial charge in [0, 0.05) is 11.3 Å². The lowest BCUT2D eigenvalue weighted by Gasteiger charge is -2.06. The van der Waals surface area contributed by atoms with E-state index in [-0.39, 0.29) is 5.91 Å². The molecule has 0 aliphatic carbocycles. The molecule has 0 fully saturated rings. The van der Waals surface area contributed by atoms with Crippen LogP contribution >= 0.6 is 0 Å². The second-order valence-electron chi connectivity index (χ2n) is 4.27. The maximum Gasteiger partial charge on any atom is 0.260 e. The Hall–Kier alpha value is -2.30. The lowest BCUT2D eigenvalue weighted by Crippen LogP contribution is -2.14. The van der Waals surface area contributed by atoms with E-state index in [2.05, 4.69) is 10.5 Å². The minimum absolute atomic E-state index is 0.296. The molecule has 1 amide bonds. The molecule has 0 atom stereocenters. The summed E-state index contributed by atoms with van der Waals surface area (Å²) >= 11 is 0. The Kier molecular flexibility index (Phi) is 3.06. The molecule has 0 aliphatic rings. The van der Waals surface area contributed by atoms with Gasteiger partial charge in [-0.1, -0.05) is 16.8 Å². The lowest BCUT2D eigenvalue weighted by atomic mass is 10.1. The largest absolute Gasteiger partial charge is 0.398 e.